The van der Waals surface area contributed by atoms with Crippen LogP contribution >= 0.6 is 11.8 Å². The van der Waals surface area contributed by atoms with E-state index >= 15 is 0 Å². The van der Waals surface area contributed by atoms with Crippen molar-refractivity contribution in [3.8, 4) is 0 Å². The van der Waals surface area contributed by atoms with Crippen LogP contribution in [0.2, 0.25) is 0 Å². The summed E-state index contributed by atoms with van der Waals surface area (Å²) in [5.41, 5.74) is 0.693. The first-order valence-corrected chi connectivity index (χ1v) is 11.3. The Bertz CT molecular complexity index is 1510. The number of nitrogens with zero attached hydrogens (tertiary/aromatic N) is 5. The average Bonchev–Trinajstić information content (AvgIpc) is 3.21. The number of rotatable bonds is 3. The highest BCUT2D eigenvalue weighted by Crippen LogP contribution is 2.38. The Hall–Kier alpha value is -3.66. The number of para-hydroxylation sites is 3. The number of anilines is 2. The van der Waals surface area contributed by atoms with Crippen LogP contribution in [0.15, 0.2) is 58.5 Å². The number of hydrogen-bond acceptors (Lipinski definition) is 6. The van der Waals surface area contributed by atoms with Crippen molar-refractivity contribution in [1.82, 2.24) is 19.2 Å². The number of fused-ring (bicyclic) bond motifs is 4. The average molecular weight is 463 g/mol. The maximum absolute atomic E-state index is 13.7. The minimum Gasteiger partial charge on any atom is -0.322 e. The Labute approximate surface area is 193 Å². The summed E-state index contributed by atoms with van der Waals surface area (Å²) in [7, 11) is 1.65. The van der Waals surface area contributed by atoms with Gasteiger partial charge in [-0.05, 0) is 45.0 Å². The summed E-state index contributed by atoms with van der Waals surface area (Å²) in [6.45, 7) is 5.23. The van der Waals surface area contributed by atoms with Gasteiger partial charge in [-0.25, -0.2) is 0 Å². The van der Waals surface area contributed by atoms with E-state index in [2.05, 4.69) is 15.5 Å². The van der Waals surface area contributed by atoms with Gasteiger partial charge >= 0.3 is 0 Å². The molecule has 0 spiro atoms. The monoisotopic (exact) mass is 462 g/mol. The van der Waals surface area contributed by atoms with Gasteiger partial charge in [0, 0.05) is 7.05 Å². The summed E-state index contributed by atoms with van der Waals surface area (Å²) in [6.07, 6.45) is 0. The van der Waals surface area contributed by atoms with Crippen molar-refractivity contribution in [3.05, 3.63) is 58.9 Å². The molecule has 1 unspecified atom stereocenters. The van der Waals surface area contributed by atoms with E-state index < -0.39 is 10.8 Å². The molecular weight excluding hydrogens is 440 g/mol. The molecule has 0 aliphatic carbocycles. The summed E-state index contributed by atoms with van der Waals surface area (Å²) in [5.74, 6) is -0.0808. The maximum Gasteiger partial charge on any atom is 0.262 e. The molecule has 168 valence electrons. The van der Waals surface area contributed by atoms with Gasteiger partial charge in [0.25, 0.3) is 5.56 Å². The summed E-state index contributed by atoms with van der Waals surface area (Å²) < 4.78 is 3.23. The van der Waals surface area contributed by atoms with E-state index in [1.165, 1.54) is 16.3 Å². The minimum absolute atomic E-state index is 0.163. The lowest BCUT2D eigenvalue weighted by Gasteiger charge is -2.43. The quantitative estimate of drug-likeness (QED) is 0.470. The molecule has 33 heavy (non-hydrogen) atoms. The molecule has 5 rings (SSSR count). The second-order valence-corrected chi connectivity index (χ2v) is 9.77. The third kappa shape index (κ3) is 3.12. The van der Waals surface area contributed by atoms with Crippen molar-refractivity contribution >= 4 is 51.6 Å². The number of thioether (sulfide) groups is 1. The summed E-state index contributed by atoms with van der Waals surface area (Å²) in [6, 6.07) is 14.5. The molecule has 2 aromatic carbocycles. The number of carbonyl (C=O) groups is 2. The molecule has 1 aliphatic rings. The lowest BCUT2D eigenvalue weighted by Crippen LogP contribution is -2.60. The predicted molar refractivity (Wildman–Crippen MR) is 128 cm³/mol. The summed E-state index contributed by atoms with van der Waals surface area (Å²) in [4.78, 5) is 40.7. The first-order chi connectivity index (χ1) is 15.7. The number of aromatic nitrogens is 4. The first kappa shape index (κ1) is 21.2. The van der Waals surface area contributed by atoms with E-state index in [-0.39, 0.29) is 17.4 Å². The second kappa shape index (κ2) is 7.45. The second-order valence-electron chi connectivity index (χ2n) is 8.46. The van der Waals surface area contributed by atoms with Gasteiger partial charge in [0.05, 0.1) is 27.5 Å². The van der Waals surface area contributed by atoms with Crippen LogP contribution in [0, 0.1) is 0 Å². The Morgan fingerprint density at radius 2 is 1.76 bits per heavy atom. The van der Waals surface area contributed by atoms with Crippen LogP contribution in [0.1, 0.15) is 20.8 Å². The smallest absolute Gasteiger partial charge is 0.262 e. The molecule has 9 nitrogen and oxygen atoms in total. The molecule has 0 saturated carbocycles. The fourth-order valence-electron chi connectivity index (χ4n) is 4.12. The topological polar surface area (TPSA) is 102 Å². The van der Waals surface area contributed by atoms with Crippen LogP contribution in [0.5, 0.6) is 0 Å². The van der Waals surface area contributed by atoms with Crippen molar-refractivity contribution < 1.29 is 9.59 Å². The molecule has 2 amide bonds. The lowest BCUT2D eigenvalue weighted by atomic mass is 9.96. The first-order valence-electron chi connectivity index (χ1n) is 10.5. The van der Waals surface area contributed by atoms with Crippen LogP contribution < -0.4 is 15.8 Å². The minimum atomic E-state index is -1.07. The van der Waals surface area contributed by atoms with Gasteiger partial charge in [0.2, 0.25) is 17.6 Å². The third-order valence-corrected chi connectivity index (χ3v) is 6.98. The van der Waals surface area contributed by atoms with Gasteiger partial charge in [0.1, 0.15) is 5.54 Å². The number of benzene rings is 2. The van der Waals surface area contributed by atoms with Crippen LogP contribution in [0.4, 0.5) is 11.4 Å². The molecule has 0 saturated heterocycles. The third-order valence-electron chi connectivity index (χ3n) is 5.95. The number of amides is 2. The largest absolute Gasteiger partial charge is 0.322 e. The van der Waals surface area contributed by atoms with E-state index in [4.69, 9.17) is 0 Å². The van der Waals surface area contributed by atoms with Crippen molar-refractivity contribution in [2.45, 2.75) is 36.7 Å². The van der Waals surface area contributed by atoms with Crippen molar-refractivity contribution in [2.24, 2.45) is 7.05 Å². The van der Waals surface area contributed by atoms with Crippen molar-refractivity contribution in [3.63, 3.8) is 0 Å². The van der Waals surface area contributed by atoms with Gasteiger partial charge in [-0.1, -0.05) is 36.0 Å². The zero-order valence-electron chi connectivity index (χ0n) is 18.6. The molecular formula is C23H22N6O3S. The van der Waals surface area contributed by atoms with Gasteiger partial charge in [-0.15, -0.1) is 10.2 Å². The number of hydrogen-bond donors (Lipinski definition) is 1. The van der Waals surface area contributed by atoms with Gasteiger partial charge in [0.15, 0.2) is 5.16 Å². The molecule has 0 radical (unpaired) electrons. The van der Waals surface area contributed by atoms with Crippen LogP contribution in [0.3, 0.4) is 0 Å². The predicted octanol–water partition coefficient (Wildman–Crippen LogP) is 2.83. The van der Waals surface area contributed by atoms with Gasteiger partial charge in [-0.2, -0.15) is 0 Å². The highest BCUT2D eigenvalue weighted by Gasteiger charge is 2.45. The van der Waals surface area contributed by atoms with E-state index in [9.17, 15) is 14.4 Å². The standard InChI is InChI=1S/C23H22N6O3S/c1-13(18(30)29-17-12-8-6-10-15(17)24-20(32)23(29,2)3)33-22-26-25-21-27(4)19(31)14-9-5-7-11-16(14)28(21)22/h5-13H,1-4H3,(H,24,32). The number of aryl methyl sites for hydroxylation is 1. The highest BCUT2D eigenvalue weighted by molar-refractivity contribution is 8.00. The zero-order valence-corrected chi connectivity index (χ0v) is 19.4. The molecule has 1 aliphatic heterocycles. The normalized spacial score (nSPS) is 16.0. The Morgan fingerprint density at radius 1 is 1.06 bits per heavy atom. The molecule has 0 fully saturated rings. The van der Waals surface area contributed by atoms with Gasteiger partial charge in [-0.3, -0.25) is 28.3 Å². The fraction of sp³-hybridized carbons (Fsp3) is 0.261. The molecule has 3 heterocycles. The highest BCUT2D eigenvalue weighted by atomic mass is 32.2. The molecule has 0 bridgehead atoms. The summed E-state index contributed by atoms with van der Waals surface area (Å²) >= 11 is 1.24. The number of carbonyl (C=O) groups excluding carboxylic acids is 2. The Balaban J connectivity index is 1.57. The zero-order chi connectivity index (χ0) is 23.5. The van der Waals surface area contributed by atoms with Crippen LogP contribution in [-0.2, 0) is 16.6 Å². The number of nitrogens with one attached hydrogen (secondary N) is 1. The van der Waals surface area contributed by atoms with Crippen LogP contribution in [0.25, 0.3) is 16.7 Å². The van der Waals surface area contributed by atoms with Crippen molar-refractivity contribution in [2.75, 3.05) is 10.2 Å². The Kier molecular flexibility index (Phi) is 4.78. The Morgan fingerprint density at radius 3 is 2.55 bits per heavy atom. The molecule has 4 aromatic rings. The fourth-order valence-corrected chi connectivity index (χ4v) is 5.02. The lowest BCUT2D eigenvalue weighted by molar-refractivity contribution is -0.126. The van der Waals surface area contributed by atoms with Crippen LogP contribution in [-0.4, -0.2) is 41.8 Å². The SMILES string of the molecule is CC(Sc1nnc2n(C)c(=O)c3ccccc3n12)C(=O)N1c2ccccc2NC(=O)C1(C)C. The molecule has 1 atom stereocenters. The molecule has 10 heteroatoms. The molecule has 1 N–H and O–H groups in total. The van der Waals surface area contributed by atoms with Gasteiger partial charge < -0.3 is 5.32 Å². The van der Waals surface area contributed by atoms with E-state index in [1.54, 1.807) is 55.3 Å². The molecule has 2 aromatic heterocycles. The van der Waals surface area contributed by atoms with E-state index in [1.807, 2.05) is 30.3 Å². The summed E-state index contributed by atoms with van der Waals surface area (Å²) in [5, 5.41) is 11.8. The van der Waals surface area contributed by atoms with E-state index in [0.29, 0.717) is 33.2 Å². The van der Waals surface area contributed by atoms with Crippen molar-refractivity contribution in [1.29, 1.82) is 0 Å². The van der Waals surface area contributed by atoms with E-state index in [0.717, 1.165) is 0 Å². The maximum atomic E-state index is 13.7.